The lowest BCUT2D eigenvalue weighted by Gasteiger charge is -2.18. The fourth-order valence-corrected chi connectivity index (χ4v) is 5.63. The molecule has 35 heavy (non-hydrogen) atoms. The molecule has 0 saturated heterocycles. The van der Waals surface area contributed by atoms with Gasteiger partial charge in [-0.1, -0.05) is 29.3 Å². The van der Waals surface area contributed by atoms with Crippen LogP contribution in [0.2, 0.25) is 0 Å². The number of esters is 2. The average Bonchev–Trinajstić information content (AvgIpc) is 3.43. The Bertz CT molecular complexity index is 1310. The van der Waals surface area contributed by atoms with Crippen molar-refractivity contribution in [2.75, 3.05) is 7.11 Å². The highest BCUT2D eigenvalue weighted by atomic mass is 32.2. The molecular weight excluding hydrogens is 472 g/mol. The van der Waals surface area contributed by atoms with Crippen LogP contribution in [0.5, 0.6) is 11.5 Å². The number of hydrogen-bond donors (Lipinski definition) is 1. The monoisotopic (exact) mass is 500 g/mol. The molecule has 0 amide bonds. The van der Waals surface area contributed by atoms with Gasteiger partial charge in [0.25, 0.3) is 0 Å². The van der Waals surface area contributed by atoms with Crippen LogP contribution < -0.4 is 4.18 Å². The molecule has 1 aliphatic heterocycles. The molecule has 1 heterocycles. The summed E-state index contributed by atoms with van der Waals surface area (Å²) in [7, 11) is -2.94. The molecule has 1 N–H and O–H groups in total. The van der Waals surface area contributed by atoms with Crippen molar-refractivity contribution in [2.45, 2.75) is 57.5 Å². The zero-order valence-corrected chi connectivity index (χ0v) is 20.7. The Morgan fingerprint density at radius 2 is 1.94 bits per heavy atom. The molecule has 0 spiro atoms. The normalized spacial score (nSPS) is 18.4. The van der Waals surface area contributed by atoms with Gasteiger partial charge in [-0.3, -0.25) is 4.79 Å². The van der Waals surface area contributed by atoms with Crippen molar-refractivity contribution in [1.29, 1.82) is 0 Å². The maximum absolute atomic E-state index is 13.1. The third-order valence-corrected chi connectivity index (χ3v) is 7.94. The number of aryl methyl sites for hydroxylation is 1. The predicted molar refractivity (Wildman–Crippen MR) is 127 cm³/mol. The molecule has 1 atom stereocenters. The van der Waals surface area contributed by atoms with E-state index in [1.807, 2.05) is 13.0 Å². The van der Waals surface area contributed by atoms with E-state index in [0.29, 0.717) is 11.1 Å². The highest BCUT2D eigenvalue weighted by molar-refractivity contribution is 7.87. The number of benzene rings is 2. The third kappa shape index (κ3) is 4.91. The van der Waals surface area contributed by atoms with Gasteiger partial charge in [0.2, 0.25) is 0 Å². The number of carbonyl (C=O) groups is 2. The fourth-order valence-electron chi connectivity index (χ4n) is 4.66. The molecule has 1 unspecified atom stereocenters. The summed E-state index contributed by atoms with van der Waals surface area (Å²) in [5.41, 5.74) is 2.96. The highest BCUT2D eigenvalue weighted by Gasteiger charge is 2.35. The Morgan fingerprint density at radius 1 is 1.23 bits per heavy atom. The first-order chi connectivity index (χ1) is 16.6. The van der Waals surface area contributed by atoms with Gasteiger partial charge in [-0.05, 0) is 63.1 Å². The van der Waals surface area contributed by atoms with Crippen LogP contribution in [0.15, 0.2) is 40.8 Å². The largest absolute Gasteiger partial charge is 0.507 e. The second kappa shape index (κ2) is 9.73. The first-order valence-corrected chi connectivity index (χ1v) is 12.8. The molecule has 4 rings (SSSR count). The van der Waals surface area contributed by atoms with Crippen molar-refractivity contribution < 1.29 is 36.8 Å². The number of allylic oxidation sites excluding steroid dienone is 2. The number of aromatic hydroxyl groups is 1. The summed E-state index contributed by atoms with van der Waals surface area (Å²) >= 11 is 0. The summed E-state index contributed by atoms with van der Waals surface area (Å²) in [6.45, 7) is 3.41. The van der Waals surface area contributed by atoms with Crippen molar-refractivity contribution in [3.05, 3.63) is 63.7 Å². The summed E-state index contributed by atoms with van der Waals surface area (Å²) in [5.74, 6) is -1.34. The van der Waals surface area contributed by atoms with E-state index in [1.54, 1.807) is 19.1 Å². The number of phenols is 1. The number of ether oxygens (including phenoxy) is 2. The lowest BCUT2D eigenvalue weighted by Crippen LogP contribution is -2.14. The predicted octanol–water partition coefficient (Wildman–Crippen LogP) is 4.28. The van der Waals surface area contributed by atoms with Gasteiger partial charge in [0.15, 0.2) is 5.75 Å². The smallest absolute Gasteiger partial charge is 0.342 e. The highest BCUT2D eigenvalue weighted by Crippen LogP contribution is 2.44. The number of methoxy groups -OCH3 is 1. The number of rotatable bonds is 7. The quantitative estimate of drug-likeness (QED) is 0.340. The first kappa shape index (κ1) is 24.8. The van der Waals surface area contributed by atoms with E-state index in [2.05, 4.69) is 0 Å². The molecule has 1 saturated carbocycles. The second-order valence-electron chi connectivity index (χ2n) is 8.91. The van der Waals surface area contributed by atoms with Crippen LogP contribution >= 0.6 is 0 Å². The van der Waals surface area contributed by atoms with Gasteiger partial charge in [-0.2, -0.15) is 8.42 Å². The molecule has 1 fully saturated rings. The van der Waals surface area contributed by atoms with Crippen molar-refractivity contribution in [3.8, 4) is 11.5 Å². The van der Waals surface area contributed by atoms with E-state index in [9.17, 15) is 23.1 Å². The molecule has 1 aliphatic carbocycles. The first-order valence-electron chi connectivity index (χ1n) is 11.4. The lowest BCUT2D eigenvalue weighted by molar-refractivity contribution is -0.141. The SMILES string of the molecule is COC(=O)CC1CCC/C1=C\Cc1c(O)c(C)c2c(c1OS(=O)(=O)c1ccc(C)cc1)C(=O)OC2. The van der Waals surface area contributed by atoms with Crippen LogP contribution in [-0.4, -0.2) is 32.6 Å². The molecule has 0 bridgehead atoms. The molecule has 2 aromatic carbocycles. The minimum Gasteiger partial charge on any atom is -0.507 e. The number of fused-ring (bicyclic) bond motifs is 1. The summed E-state index contributed by atoms with van der Waals surface area (Å²) in [6, 6.07) is 6.15. The van der Waals surface area contributed by atoms with Crippen LogP contribution in [0.25, 0.3) is 0 Å². The molecule has 9 heteroatoms. The van der Waals surface area contributed by atoms with E-state index >= 15 is 0 Å². The minimum absolute atomic E-state index is 0.0157. The molecule has 0 radical (unpaired) electrons. The summed E-state index contributed by atoms with van der Waals surface area (Å²) < 4.78 is 41.7. The Kier molecular flexibility index (Phi) is 6.89. The van der Waals surface area contributed by atoms with Crippen molar-refractivity contribution in [1.82, 2.24) is 0 Å². The average molecular weight is 501 g/mol. The van der Waals surface area contributed by atoms with Crippen molar-refractivity contribution in [2.24, 2.45) is 5.92 Å². The molecule has 8 nitrogen and oxygen atoms in total. The van der Waals surface area contributed by atoms with Crippen LogP contribution in [-0.2, 0) is 37.4 Å². The second-order valence-corrected chi connectivity index (χ2v) is 10.5. The van der Waals surface area contributed by atoms with Crippen LogP contribution in [0, 0.1) is 19.8 Å². The van der Waals surface area contributed by atoms with Gasteiger partial charge < -0.3 is 18.8 Å². The van der Waals surface area contributed by atoms with Gasteiger partial charge in [0, 0.05) is 11.1 Å². The van der Waals surface area contributed by atoms with E-state index in [1.165, 1.54) is 19.2 Å². The van der Waals surface area contributed by atoms with Crippen molar-refractivity contribution in [3.63, 3.8) is 0 Å². The molecule has 2 aliphatic rings. The topological polar surface area (TPSA) is 116 Å². The summed E-state index contributed by atoms with van der Waals surface area (Å²) in [4.78, 5) is 24.3. The van der Waals surface area contributed by atoms with Gasteiger partial charge in [0.1, 0.15) is 22.8 Å². The number of cyclic esters (lactones) is 1. The summed E-state index contributed by atoms with van der Waals surface area (Å²) in [5, 5.41) is 11.0. The van der Waals surface area contributed by atoms with Crippen molar-refractivity contribution >= 4 is 22.1 Å². The van der Waals surface area contributed by atoms with Crippen LogP contribution in [0.4, 0.5) is 0 Å². The Hall–Kier alpha value is -3.33. The zero-order chi connectivity index (χ0) is 25.3. The van der Waals surface area contributed by atoms with E-state index in [4.69, 9.17) is 13.7 Å². The standard InChI is InChI=1S/C26H28O8S/c1-15-7-10-19(11-8-15)35(30,31)34-25-20(24(28)16(2)21-14-33-26(29)23(21)25)12-9-17-5-4-6-18(17)13-22(27)32-3/h7-11,18,28H,4-6,12-14H2,1-3H3/b17-9+. The van der Waals surface area contributed by atoms with Crippen LogP contribution in [0.1, 0.15) is 58.3 Å². The van der Waals surface area contributed by atoms with E-state index in [0.717, 1.165) is 30.4 Å². The van der Waals surface area contributed by atoms with Gasteiger partial charge in [-0.25, -0.2) is 4.79 Å². The van der Waals surface area contributed by atoms with E-state index in [-0.39, 0.29) is 58.9 Å². The maximum atomic E-state index is 13.1. The van der Waals surface area contributed by atoms with Gasteiger partial charge >= 0.3 is 22.1 Å². The molecule has 0 aromatic heterocycles. The number of phenolic OH excluding ortho intramolecular Hbond substituents is 1. The lowest BCUT2D eigenvalue weighted by atomic mass is 9.93. The Labute approximate surface area is 204 Å². The molecular formula is C26H28O8S. The number of carbonyl (C=O) groups excluding carboxylic acids is 2. The summed E-state index contributed by atoms with van der Waals surface area (Å²) in [6.07, 6.45) is 4.81. The Morgan fingerprint density at radius 3 is 2.63 bits per heavy atom. The molecule has 186 valence electrons. The van der Waals surface area contributed by atoms with E-state index < -0.39 is 16.1 Å². The van der Waals surface area contributed by atoms with Gasteiger partial charge in [0.05, 0.1) is 13.5 Å². The third-order valence-electron chi connectivity index (χ3n) is 6.70. The molecule has 2 aromatic rings. The zero-order valence-electron chi connectivity index (χ0n) is 19.9. The number of hydrogen-bond acceptors (Lipinski definition) is 8. The van der Waals surface area contributed by atoms with Crippen LogP contribution in [0.3, 0.4) is 0 Å². The minimum atomic E-state index is -4.30. The maximum Gasteiger partial charge on any atom is 0.342 e. The Balaban J connectivity index is 1.77. The fraction of sp³-hybridized carbons (Fsp3) is 0.385. The van der Waals surface area contributed by atoms with Gasteiger partial charge in [-0.15, -0.1) is 0 Å².